The number of ether oxygens (including phenoxy) is 1. The summed E-state index contributed by atoms with van der Waals surface area (Å²) in [5, 5.41) is 0.0429. The number of rotatable bonds is 5. The molecule has 0 radical (unpaired) electrons. The molecule has 2 fully saturated rings. The average molecular weight is 409 g/mol. The Morgan fingerprint density at radius 3 is 2.62 bits per heavy atom. The van der Waals surface area contributed by atoms with Crippen molar-refractivity contribution in [1.29, 1.82) is 0 Å². The van der Waals surface area contributed by atoms with E-state index in [1.54, 1.807) is 11.8 Å². The van der Waals surface area contributed by atoms with E-state index in [0.29, 0.717) is 15.8 Å². The van der Waals surface area contributed by atoms with Crippen molar-refractivity contribution >= 4 is 16.6 Å². The smallest absolute Gasteiger partial charge is 0.350 e. The Hall–Kier alpha value is -2.46. The van der Waals surface area contributed by atoms with Crippen LogP contribution in [0.1, 0.15) is 24.4 Å². The molecule has 0 bridgehead atoms. The Morgan fingerprint density at radius 2 is 2.00 bits per heavy atom. The Labute approximate surface area is 165 Å². The van der Waals surface area contributed by atoms with E-state index in [0.717, 1.165) is 18.9 Å². The average Bonchev–Trinajstić information content (AvgIpc) is 3.43. The third-order valence-electron chi connectivity index (χ3n) is 5.99. The lowest BCUT2D eigenvalue weighted by molar-refractivity contribution is 0.138. The number of anilines is 1. The molecule has 1 saturated heterocycles. The van der Waals surface area contributed by atoms with Crippen LogP contribution in [0.3, 0.4) is 0 Å². The molecule has 4 N–H and O–H groups in total. The number of nitrogen functional groups attached to an aromatic ring is 1. The van der Waals surface area contributed by atoms with Gasteiger partial charge in [-0.15, -0.1) is 0 Å². The summed E-state index contributed by atoms with van der Waals surface area (Å²) in [5.41, 5.74) is 5.63. The monoisotopic (exact) mass is 409 g/mol. The van der Waals surface area contributed by atoms with Crippen molar-refractivity contribution in [3.8, 4) is 0 Å². The molecule has 2 aromatic rings. The van der Waals surface area contributed by atoms with Crippen LogP contribution in [0.4, 0.5) is 14.5 Å². The number of benzene rings is 1. The quantitative estimate of drug-likeness (QED) is 0.693. The van der Waals surface area contributed by atoms with Gasteiger partial charge in [0.15, 0.2) is 0 Å². The third-order valence-corrected chi connectivity index (χ3v) is 5.99. The van der Waals surface area contributed by atoms with Crippen LogP contribution in [0.15, 0.2) is 15.7 Å². The maximum Gasteiger partial charge on any atom is 0.350 e. The van der Waals surface area contributed by atoms with Gasteiger partial charge in [-0.05, 0) is 25.8 Å². The first kappa shape index (κ1) is 19.8. The Kier molecular flexibility index (Phi) is 4.86. The normalized spacial score (nSPS) is 23.1. The van der Waals surface area contributed by atoms with Crippen molar-refractivity contribution in [1.82, 2.24) is 9.24 Å². The minimum atomic E-state index is -1.24. The second-order valence-corrected chi connectivity index (χ2v) is 7.99. The predicted molar refractivity (Wildman–Crippen MR) is 106 cm³/mol. The Balaban J connectivity index is 1.87. The zero-order valence-corrected chi connectivity index (χ0v) is 16.4. The van der Waals surface area contributed by atoms with Crippen LogP contribution in [-0.4, -0.2) is 48.3 Å². The number of aryl methyl sites for hydroxylation is 1. The first-order valence-electron chi connectivity index (χ1n) is 9.65. The van der Waals surface area contributed by atoms with Crippen molar-refractivity contribution in [2.24, 2.45) is 11.7 Å². The van der Waals surface area contributed by atoms with Crippen LogP contribution >= 0.6 is 0 Å². The van der Waals surface area contributed by atoms with Crippen LogP contribution in [0, 0.1) is 18.7 Å². The SMILES string of the molecule is COC[C@H](N)[C@H]1CN(c2c(F)cc3c(=O)n(N)c(=O)n(C4CC4)c3c2C)C[C@H]1F. The zero-order valence-electron chi connectivity index (χ0n) is 16.4. The molecule has 29 heavy (non-hydrogen) atoms. The van der Waals surface area contributed by atoms with Gasteiger partial charge in [0.1, 0.15) is 12.0 Å². The van der Waals surface area contributed by atoms with Gasteiger partial charge in [0.2, 0.25) is 0 Å². The van der Waals surface area contributed by atoms with Crippen LogP contribution < -0.4 is 27.7 Å². The topological polar surface area (TPSA) is 109 Å². The molecule has 0 unspecified atom stereocenters. The molecular formula is C19H25F2N5O3. The molecule has 8 nitrogen and oxygen atoms in total. The molecule has 2 heterocycles. The van der Waals surface area contributed by atoms with E-state index < -0.39 is 35.2 Å². The highest BCUT2D eigenvalue weighted by molar-refractivity contribution is 5.87. The maximum absolute atomic E-state index is 15.1. The molecule has 2 aliphatic rings. The molecule has 1 aliphatic carbocycles. The molecule has 1 aromatic heterocycles. The van der Waals surface area contributed by atoms with Gasteiger partial charge in [0, 0.05) is 43.8 Å². The second-order valence-electron chi connectivity index (χ2n) is 7.99. The summed E-state index contributed by atoms with van der Waals surface area (Å²) in [4.78, 5) is 26.7. The van der Waals surface area contributed by atoms with Crippen LogP contribution in [0.25, 0.3) is 10.9 Å². The molecular weight excluding hydrogens is 384 g/mol. The van der Waals surface area contributed by atoms with Gasteiger partial charge in [0.25, 0.3) is 5.56 Å². The fraction of sp³-hybridized carbons (Fsp3) is 0.579. The van der Waals surface area contributed by atoms with Gasteiger partial charge in [-0.1, -0.05) is 0 Å². The van der Waals surface area contributed by atoms with Crippen LogP contribution in [0.2, 0.25) is 0 Å². The molecule has 1 aliphatic heterocycles. The highest BCUT2D eigenvalue weighted by atomic mass is 19.1. The van der Waals surface area contributed by atoms with Gasteiger partial charge in [-0.2, -0.15) is 4.68 Å². The lowest BCUT2D eigenvalue weighted by atomic mass is 9.99. The molecule has 3 atom stereocenters. The maximum atomic E-state index is 15.1. The second kappa shape index (κ2) is 7.10. The van der Waals surface area contributed by atoms with Crippen LogP contribution in [-0.2, 0) is 4.74 Å². The Morgan fingerprint density at radius 1 is 1.31 bits per heavy atom. The molecule has 158 valence electrons. The largest absolute Gasteiger partial charge is 0.383 e. The zero-order chi connectivity index (χ0) is 21.0. The summed E-state index contributed by atoms with van der Waals surface area (Å²) in [7, 11) is 1.49. The number of methoxy groups -OCH3 is 1. The van der Waals surface area contributed by atoms with Gasteiger partial charge in [-0.25, -0.2) is 13.6 Å². The highest BCUT2D eigenvalue weighted by Gasteiger charge is 2.39. The number of aromatic nitrogens is 2. The fourth-order valence-electron chi connectivity index (χ4n) is 4.41. The number of nitrogens with two attached hydrogens (primary N) is 2. The van der Waals surface area contributed by atoms with Crippen molar-refractivity contribution in [2.45, 2.75) is 38.0 Å². The van der Waals surface area contributed by atoms with E-state index in [1.165, 1.54) is 11.7 Å². The number of nitrogens with zero attached hydrogens (tertiary/aromatic N) is 3. The number of hydrogen-bond donors (Lipinski definition) is 2. The summed E-state index contributed by atoms with van der Waals surface area (Å²) < 4.78 is 36.8. The van der Waals surface area contributed by atoms with Gasteiger partial charge >= 0.3 is 5.69 Å². The van der Waals surface area contributed by atoms with Gasteiger partial charge in [0.05, 0.1) is 23.2 Å². The molecule has 1 saturated carbocycles. The number of fused-ring (bicyclic) bond motifs is 1. The fourth-order valence-corrected chi connectivity index (χ4v) is 4.41. The van der Waals surface area contributed by atoms with Crippen LogP contribution in [0.5, 0.6) is 0 Å². The predicted octanol–water partition coefficient (Wildman–Crippen LogP) is 0.407. The van der Waals surface area contributed by atoms with E-state index in [4.69, 9.17) is 16.3 Å². The van der Waals surface area contributed by atoms with Crippen molar-refractivity contribution < 1.29 is 13.5 Å². The minimum Gasteiger partial charge on any atom is -0.383 e. The number of alkyl halides is 1. The summed E-state index contributed by atoms with van der Waals surface area (Å²) in [6, 6.07) is 0.503. The lowest BCUT2D eigenvalue weighted by Gasteiger charge is -2.24. The first-order chi connectivity index (χ1) is 13.8. The van der Waals surface area contributed by atoms with Gasteiger partial charge in [-0.3, -0.25) is 9.36 Å². The van der Waals surface area contributed by atoms with Crippen molar-refractivity contribution in [2.75, 3.05) is 37.5 Å². The van der Waals surface area contributed by atoms with Gasteiger partial charge < -0.3 is 21.2 Å². The Bertz CT molecular complexity index is 1080. The summed E-state index contributed by atoms with van der Waals surface area (Å²) >= 11 is 0. The lowest BCUT2D eigenvalue weighted by Crippen LogP contribution is -2.44. The molecule has 0 spiro atoms. The summed E-state index contributed by atoms with van der Waals surface area (Å²) in [6.07, 6.45) is 0.324. The van der Waals surface area contributed by atoms with Crippen molar-refractivity contribution in [3.05, 3.63) is 38.3 Å². The third kappa shape index (κ3) is 3.10. The van der Waals surface area contributed by atoms with E-state index in [-0.39, 0.29) is 36.8 Å². The van der Waals surface area contributed by atoms with Crippen molar-refractivity contribution in [3.63, 3.8) is 0 Å². The standard InChI is InChI=1S/C19H25F2N5O3/c1-9-16-11(18(27)26(23)19(28)25(16)10-3-4-10)5-13(20)17(9)24-6-12(14(21)7-24)15(22)8-29-2/h5,10,12,14-15H,3-4,6-8,22-23H2,1-2H3/t12-,14+,15-/m0/s1. The first-order valence-corrected chi connectivity index (χ1v) is 9.65. The molecule has 0 amide bonds. The molecule has 10 heteroatoms. The number of hydrogen-bond acceptors (Lipinski definition) is 6. The minimum absolute atomic E-state index is 0.0209. The highest BCUT2D eigenvalue weighted by Crippen LogP contribution is 2.39. The van der Waals surface area contributed by atoms with E-state index >= 15 is 4.39 Å². The molecule has 4 rings (SSSR count). The van der Waals surface area contributed by atoms with E-state index in [9.17, 15) is 14.0 Å². The molecule has 1 aromatic carbocycles. The van der Waals surface area contributed by atoms with E-state index in [2.05, 4.69) is 0 Å². The van der Waals surface area contributed by atoms with E-state index in [1.807, 2.05) is 0 Å². The summed E-state index contributed by atoms with van der Waals surface area (Å²) in [6.45, 7) is 2.05. The summed E-state index contributed by atoms with van der Waals surface area (Å²) in [5.74, 6) is 4.48. The number of halogens is 2.